The van der Waals surface area contributed by atoms with E-state index in [9.17, 15) is 19.7 Å². The average molecular weight is 313 g/mol. The molecule has 0 aliphatic rings. The van der Waals surface area contributed by atoms with Gasteiger partial charge < -0.3 is 10.4 Å². The molecule has 0 saturated heterocycles. The van der Waals surface area contributed by atoms with Crippen molar-refractivity contribution < 1.29 is 19.6 Å². The Kier molecular flexibility index (Phi) is 6.60. The summed E-state index contributed by atoms with van der Waals surface area (Å²) in [6.45, 7) is 1.83. The van der Waals surface area contributed by atoms with Gasteiger partial charge >= 0.3 is 5.97 Å². The van der Waals surface area contributed by atoms with Crippen LogP contribution in [0.5, 0.6) is 0 Å². The average Bonchev–Trinajstić information content (AvgIpc) is 2.45. The number of amides is 1. The standard InChI is InChI=1S/C12H15N3O5S/c1-2-3-9(12(17)18)14-10(16)7-21-11-5-4-8(6-13-11)15(19)20/h4-6,9H,2-3,7H2,1H3,(H,14,16)(H,17,18). The van der Waals surface area contributed by atoms with Gasteiger partial charge in [-0.05, 0) is 12.5 Å². The zero-order chi connectivity index (χ0) is 15.8. The molecule has 9 heteroatoms. The van der Waals surface area contributed by atoms with E-state index in [0.717, 1.165) is 18.0 Å². The molecule has 0 aliphatic heterocycles. The number of hydrogen-bond acceptors (Lipinski definition) is 6. The van der Waals surface area contributed by atoms with Crippen LogP contribution in [0.3, 0.4) is 0 Å². The highest BCUT2D eigenvalue weighted by atomic mass is 32.2. The summed E-state index contributed by atoms with van der Waals surface area (Å²) >= 11 is 1.08. The largest absolute Gasteiger partial charge is 0.480 e. The minimum atomic E-state index is -1.07. The molecule has 1 rings (SSSR count). The molecular formula is C12H15N3O5S. The van der Waals surface area contributed by atoms with E-state index in [1.165, 1.54) is 12.1 Å². The van der Waals surface area contributed by atoms with Gasteiger partial charge in [0.2, 0.25) is 5.91 Å². The van der Waals surface area contributed by atoms with Crippen molar-refractivity contribution in [2.75, 3.05) is 5.75 Å². The number of rotatable bonds is 8. The Hall–Kier alpha value is -2.16. The van der Waals surface area contributed by atoms with Gasteiger partial charge in [0.1, 0.15) is 12.2 Å². The summed E-state index contributed by atoms with van der Waals surface area (Å²) in [6.07, 6.45) is 2.12. The maximum atomic E-state index is 11.6. The van der Waals surface area contributed by atoms with Crippen LogP contribution in [0.25, 0.3) is 0 Å². The SMILES string of the molecule is CCCC(NC(=O)CSc1ccc([N+](=O)[O-])cn1)C(=O)O. The highest BCUT2D eigenvalue weighted by molar-refractivity contribution is 7.99. The first-order chi connectivity index (χ1) is 9.93. The molecule has 1 unspecified atom stereocenters. The Bertz CT molecular complexity index is 520. The monoisotopic (exact) mass is 313 g/mol. The van der Waals surface area contributed by atoms with Gasteiger partial charge in [-0.1, -0.05) is 25.1 Å². The molecule has 1 aromatic rings. The van der Waals surface area contributed by atoms with Crippen LogP contribution in [-0.4, -0.2) is 38.7 Å². The summed E-state index contributed by atoms with van der Waals surface area (Å²) in [6, 6.07) is 1.84. The normalized spacial score (nSPS) is 11.7. The first-order valence-corrected chi connectivity index (χ1v) is 7.18. The molecule has 0 spiro atoms. The number of nitro groups is 1. The molecular weight excluding hydrogens is 298 g/mol. The number of nitrogens with one attached hydrogen (secondary N) is 1. The highest BCUT2D eigenvalue weighted by Gasteiger charge is 2.18. The quantitative estimate of drug-likeness (QED) is 0.423. The molecule has 21 heavy (non-hydrogen) atoms. The van der Waals surface area contributed by atoms with Crippen LogP contribution in [0.15, 0.2) is 23.4 Å². The molecule has 0 bridgehead atoms. The van der Waals surface area contributed by atoms with E-state index >= 15 is 0 Å². The minimum absolute atomic E-state index is 0.00168. The number of carbonyl (C=O) groups is 2. The molecule has 0 saturated carbocycles. The lowest BCUT2D eigenvalue weighted by Gasteiger charge is -2.13. The molecule has 1 heterocycles. The van der Waals surface area contributed by atoms with Crippen molar-refractivity contribution in [3.63, 3.8) is 0 Å². The topological polar surface area (TPSA) is 122 Å². The number of carboxylic acid groups (broad SMARTS) is 1. The maximum absolute atomic E-state index is 11.6. The van der Waals surface area contributed by atoms with E-state index in [2.05, 4.69) is 10.3 Å². The predicted octanol–water partition coefficient (Wildman–Crippen LogP) is 1.45. The molecule has 0 aromatic carbocycles. The van der Waals surface area contributed by atoms with E-state index in [-0.39, 0.29) is 11.4 Å². The van der Waals surface area contributed by atoms with Gasteiger partial charge in [0.25, 0.3) is 5.69 Å². The van der Waals surface area contributed by atoms with E-state index < -0.39 is 22.8 Å². The molecule has 1 aromatic heterocycles. The van der Waals surface area contributed by atoms with Crippen molar-refractivity contribution >= 4 is 29.3 Å². The summed E-state index contributed by atoms with van der Waals surface area (Å²) in [7, 11) is 0. The Morgan fingerprint density at radius 3 is 2.71 bits per heavy atom. The summed E-state index contributed by atoms with van der Waals surface area (Å²) < 4.78 is 0. The Labute approximate surface area is 125 Å². The summed E-state index contributed by atoms with van der Waals surface area (Å²) in [5.41, 5.74) is -0.127. The first kappa shape index (κ1) is 16.9. The zero-order valence-electron chi connectivity index (χ0n) is 11.3. The number of aromatic nitrogens is 1. The van der Waals surface area contributed by atoms with Crippen molar-refractivity contribution in [2.24, 2.45) is 0 Å². The van der Waals surface area contributed by atoms with Gasteiger partial charge in [0.15, 0.2) is 0 Å². The lowest BCUT2D eigenvalue weighted by molar-refractivity contribution is -0.385. The third-order valence-electron chi connectivity index (χ3n) is 2.49. The summed E-state index contributed by atoms with van der Waals surface area (Å²) in [5, 5.41) is 22.3. The fourth-order valence-electron chi connectivity index (χ4n) is 1.49. The maximum Gasteiger partial charge on any atom is 0.326 e. The van der Waals surface area contributed by atoms with Crippen molar-refractivity contribution in [1.82, 2.24) is 10.3 Å². The number of pyridine rings is 1. The number of thioether (sulfide) groups is 1. The number of carboxylic acids is 1. The molecule has 0 aliphatic carbocycles. The van der Waals surface area contributed by atoms with Gasteiger partial charge in [-0.15, -0.1) is 0 Å². The predicted molar refractivity (Wildman–Crippen MR) is 76.1 cm³/mol. The lowest BCUT2D eigenvalue weighted by Crippen LogP contribution is -2.41. The Morgan fingerprint density at radius 1 is 1.52 bits per heavy atom. The van der Waals surface area contributed by atoms with Gasteiger partial charge in [0.05, 0.1) is 15.7 Å². The number of carbonyl (C=O) groups excluding carboxylic acids is 1. The fourth-order valence-corrected chi connectivity index (χ4v) is 2.14. The number of hydrogen-bond donors (Lipinski definition) is 2. The molecule has 0 fully saturated rings. The van der Waals surface area contributed by atoms with Crippen LogP contribution in [-0.2, 0) is 9.59 Å². The van der Waals surface area contributed by atoms with Gasteiger partial charge in [-0.3, -0.25) is 14.9 Å². The van der Waals surface area contributed by atoms with E-state index in [0.29, 0.717) is 17.9 Å². The van der Waals surface area contributed by atoms with Gasteiger partial charge in [-0.2, -0.15) is 0 Å². The lowest BCUT2D eigenvalue weighted by atomic mass is 10.2. The number of nitrogens with zero attached hydrogens (tertiary/aromatic N) is 2. The smallest absolute Gasteiger partial charge is 0.326 e. The summed E-state index contributed by atoms with van der Waals surface area (Å²) in [5.74, 6) is -1.48. The summed E-state index contributed by atoms with van der Waals surface area (Å²) in [4.78, 5) is 36.3. The second-order valence-electron chi connectivity index (χ2n) is 4.15. The van der Waals surface area contributed by atoms with Gasteiger partial charge in [-0.25, -0.2) is 9.78 Å². The third-order valence-corrected chi connectivity index (χ3v) is 3.44. The van der Waals surface area contributed by atoms with E-state index in [4.69, 9.17) is 5.11 Å². The molecule has 8 nitrogen and oxygen atoms in total. The third kappa shape index (κ3) is 5.78. The minimum Gasteiger partial charge on any atom is -0.480 e. The zero-order valence-corrected chi connectivity index (χ0v) is 12.1. The second-order valence-corrected chi connectivity index (χ2v) is 5.14. The van der Waals surface area contributed by atoms with Crippen molar-refractivity contribution in [3.8, 4) is 0 Å². The van der Waals surface area contributed by atoms with Crippen LogP contribution < -0.4 is 5.32 Å². The fraction of sp³-hybridized carbons (Fsp3) is 0.417. The van der Waals surface area contributed by atoms with Crippen LogP contribution in [0, 0.1) is 10.1 Å². The molecule has 0 radical (unpaired) electrons. The van der Waals surface area contributed by atoms with E-state index in [1.807, 2.05) is 6.92 Å². The Morgan fingerprint density at radius 2 is 2.24 bits per heavy atom. The second kappa shape index (κ2) is 8.20. The van der Waals surface area contributed by atoms with Gasteiger partial charge in [0, 0.05) is 6.07 Å². The van der Waals surface area contributed by atoms with Crippen molar-refractivity contribution in [3.05, 3.63) is 28.4 Å². The first-order valence-electron chi connectivity index (χ1n) is 6.19. The van der Waals surface area contributed by atoms with E-state index in [1.54, 1.807) is 0 Å². The molecule has 114 valence electrons. The van der Waals surface area contributed by atoms with Crippen molar-refractivity contribution in [2.45, 2.75) is 30.8 Å². The molecule has 1 atom stereocenters. The van der Waals surface area contributed by atoms with Crippen LogP contribution in [0.4, 0.5) is 5.69 Å². The van der Waals surface area contributed by atoms with Crippen LogP contribution in [0.1, 0.15) is 19.8 Å². The number of aliphatic carboxylic acids is 1. The van der Waals surface area contributed by atoms with Crippen LogP contribution >= 0.6 is 11.8 Å². The van der Waals surface area contributed by atoms with Crippen molar-refractivity contribution in [1.29, 1.82) is 0 Å². The molecule has 2 N–H and O–H groups in total. The highest BCUT2D eigenvalue weighted by Crippen LogP contribution is 2.17. The van der Waals surface area contributed by atoms with Crippen LogP contribution in [0.2, 0.25) is 0 Å². The Balaban J connectivity index is 2.48. The molecule has 1 amide bonds.